The van der Waals surface area contributed by atoms with Crippen LogP contribution in [0.4, 0.5) is 5.69 Å². The number of rotatable bonds is 3. The smallest absolute Gasteiger partial charge is 0.230 e. The monoisotopic (exact) mass is 336 g/mol. The molecular weight excluding hydrogens is 319 g/mol. The molecule has 3 nitrogen and oxygen atoms in total. The van der Waals surface area contributed by atoms with Gasteiger partial charge in [0.05, 0.1) is 10.7 Å². The van der Waals surface area contributed by atoms with E-state index in [0.717, 1.165) is 25.9 Å². The fourth-order valence-corrected chi connectivity index (χ4v) is 2.81. The molecule has 1 N–H and O–H groups in total. The van der Waals surface area contributed by atoms with E-state index in [0.29, 0.717) is 22.3 Å². The number of anilines is 1. The third-order valence-corrected chi connectivity index (χ3v) is 4.02. The van der Waals surface area contributed by atoms with Crippen molar-refractivity contribution in [2.75, 3.05) is 24.5 Å². The van der Waals surface area contributed by atoms with Crippen LogP contribution in [0.1, 0.15) is 19.8 Å². The number of amides is 1. The Morgan fingerprint density at radius 2 is 2.00 bits per heavy atom. The molecule has 112 valence electrons. The molecule has 0 bridgehead atoms. The lowest BCUT2D eigenvalue weighted by atomic mass is 9.96. The van der Waals surface area contributed by atoms with Crippen molar-refractivity contribution in [3.8, 4) is 0 Å². The van der Waals surface area contributed by atoms with Crippen molar-refractivity contribution >= 4 is 47.2 Å². The highest BCUT2D eigenvalue weighted by molar-refractivity contribution is 6.35. The van der Waals surface area contributed by atoms with Gasteiger partial charge in [0, 0.05) is 17.5 Å². The Balaban J connectivity index is 0.00000200. The first kappa shape index (κ1) is 17.6. The zero-order chi connectivity index (χ0) is 13.8. The van der Waals surface area contributed by atoms with E-state index >= 15 is 0 Å². The van der Waals surface area contributed by atoms with E-state index in [9.17, 15) is 4.79 Å². The molecule has 0 spiro atoms. The second-order valence-electron chi connectivity index (χ2n) is 4.70. The van der Waals surface area contributed by atoms with Gasteiger partial charge in [0.25, 0.3) is 0 Å². The Morgan fingerprint density at radius 1 is 1.35 bits per heavy atom. The van der Waals surface area contributed by atoms with Gasteiger partial charge in [-0.3, -0.25) is 4.79 Å². The number of carbonyl (C=O) groups is 1. The lowest BCUT2D eigenvalue weighted by Gasteiger charge is -2.29. The average Bonchev–Trinajstić information content (AvgIpc) is 2.44. The molecule has 6 heteroatoms. The van der Waals surface area contributed by atoms with Gasteiger partial charge >= 0.3 is 0 Å². The van der Waals surface area contributed by atoms with Crippen molar-refractivity contribution in [1.29, 1.82) is 0 Å². The van der Waals surface area contributed by atoms with Crippen molar-refractivity contribution in [3.05, 3.63) is 28.2 Å². The van der Waals surface area contributed by atoms with E-state index in [-0.39, 0.29) is 24.2 Å². The van der Waals surface area contributed by atoms with E-state index in [2.05, 4.69) is 5.32 Å². The molecule has 0 aliphatic carbocycles. The van der Waals surface area contributed by atoms with Crippen molar-refractivity contribution in [2.45, 2.75) is 19.8 Å². The highest BCUT2D eigenvalue weighted by Gasteiger charge is 2.27. The first-order valence-corrected chi connectivity index (χ1v) is 7.36. The van der Waals surface area contributed by atoms with Gasteiger partial charge in [0.15, 0.2) is 0 Å². The van der Waals surface area contributed by atoms with Gasteiger partial charge in [-0.25, -0.2) is 0 Å². The molecule has 1 aromatic rings. The van der Waals surface area contributed by atoms with E-state index < -0.39 is 0 Å². The maximum atomic E-state index is 12.6. The second-order valence-corrected chi connectivity index (χ2v) is 5.55. The lowest BCUT2D eigenvalue weighted by molar-refractivity contribution is -0.123. The van der Waals surface area contributed by atoms with Gasteiger partial charge in [0.2, 0.25) is 5.91 Å². The molecule has 1 heterocycles. The number of benzene rings is 1. The van der Waals surface area contributed by atoms with Crippen molar-refractivity contribution in [3.63, 3.8) is 0 Å². The lowest BCUT2D eigenvalue weighted by Crippen LogP contribution is -2.41. The molecule has 1 fully saturated rings. The number of piperidine rings is 1. The number of halogens is 3. The first-order chi connectivity index (χ1) is 9.13. The largest absolute Gasteiger partial charge is 0.317 e. The van der Waals surface area contributed by atoms with Crippen LogP contribution in [0, 0.1) is 5.92 Å². The minimum absolute atomic E-state index is 0. The Bertz CT molecular complexity index is 462. The molecule has 0 saturated carbocycles. The SMILES string of the molecule is CCN(C(=O)C1CCNCC1)c1cc(Cl)ccc1Cl.Cl. The van der Waals surface area contributed by atoms with E-state index in [4.69, 9.17) is 23.2 Å². The number of hydrogen-bond donors (Lipinski definition) is 1. The van der Waals surface area contributed by atoms with E-state index in [1.165, 1.54) is 0 Å². The molecule has 0 radical (unpaired) electrons. The summed E-state index contributed by atoms with van der Waals surface area (Å²) in [6.07, 6.45) is 1.76. The summed E-state index contributed by atoms with van der Waals surface area (Å²) < 4.78 is 0. The zero-order valence-corrected chi connectivity index (χ0v) is 13.7. The Morgan fingerprint density at radius 3 is 2.60 bits per heavy atom. The fourth-order valence-electron chi connectivity index (χ4n) is 2.43. The van der Waals surface area contributed by atoms with Crippen molar-refractivity contribution < 1.29 is 4.79 Å². The number of hydrogen-bond acceptors (Lipinski definition) is 2. The van der Waals surface area contributed by atoms with Crippen LogP contribution in [-0.2, 0) is 4.79 Å². The molecule has 0 aromatic heterocycles. The molecule has 1 aliphatic rings. The zero-order valence-electron chi connectivity index (χ0n) is 11.4. The molecule has 0 unspecified atom stereocenters. The maximum Gasteiger partial charge on any atom is 0.230 e. The summed E-state index contributed by atoms with van der Waals surface area (Å²) in [5, 5.41) is 4.43. The van der Waals surface area contributed by atoms with Crippen LogP contribution < -0.4 is 10.2 Å². The van der Waals surface area contributed by atoms with Gasteiger partial charge < -0.3 is 10.2 Å². The molecule has 1 amide bonds. The topological polar surface area (TPSA) is 32.3 Å². The van der Waals surface area contributed by atoms with Crippen LogP contribution in [0.25, 0.3) is 0 Å². The molecule has 0 atom stereocenters. The Kier molecular flexibility index (Phi) is 7.10. The number of nitrogens with one attached hydrogen (secondary N) is 1. The van der Waals surface area contributed by atoms with Crippen molar-refractivity contribution in [2.24, 2.45) is 5.92 Å². The summed E-state index contributed by atoms with van der Waals surface area (Å²) in [7, 11) is 0. The number of nitrogens with zero attached hydrogens (tertiary/aromatic N) is 1. The van der Waals surface area contributed by atoms with Crippen LogP contribution in [0.3, 0.4) is 0 Å². The predicted octanol–water partition coefficient (Wildman–Crippen LogP) is 3.77. The third-order valence-electron chi connectivity index (χ3n) is 3.47. The van der Waals surface area contributed by atoms with Gasteiger partial charge in [0.1, 0.15) is 0 Å². The number of carbonyl (C=O) groups excluding carboxylic acids is 1. The van der Waals surface area contributed by atoms with Crippen LogP contribution in [0.15, 0.2) is 18.2 Å². The van der Waals surface area contributed by atoms with Crippen LogP contribution in [0.5, 0.6) is 0 Å². The first-order valence-electron chi connectivity index (χ1n) is 6.60. The van der Waals surface area contributed by atoms with Gasteiger partial charge in [-0.2, -0.15) is 0 Å². The average molecular weight is 338 g/mol. The normalized spacial score (nSPS) is 15.6. The molecule has 1 saturated heterocycles. The molecule has 2 rings (SSSR count). The standard InChI is InChI=1S/C14H18Cl2N2O.ClH/c1-2-18(13-9-11(15)3-4-12(13)16)14(19)10-5-7-17-8-6-10;/h3-4,9-10,17H,2,5-8H2,1H3;1H. The molecule has 1 aromatic carbocycles. The fraction of sp³-hybridized carbons (Fsp3) is 0.500. The minimum Gasteiger partial charge on any atom is -0.317 e. The van der Waals surface area contributed by atoms with Crippen LogP contribution in [-0.4, -0.2) is 25.5 Å². The summed E-state index contributed by atoms with van der Waals surface area (Å²) in [4.78, 5) is 14.3. The maximum absolute atomic E-state index is 12.6. The predicted molar refractivity (Wildman–Crippen MR) is 87.3 cm³/mol. The minimum atomic E-state index is 0. The summed E-state index contributed by atoms with van der Waals surface area (Å²) in [5.41, 5.74) is 0.709. The van der Waals surface area contributed by atoms with Gasteiger partial charge in [-0.05, 0) is 51.1 Å². The van der Waals surface area contributed by atoms with Crippen LogP contribution >= 0.6 is 35.6 Å². The summed E-state index contributed by atoms with van der Waals surface area (Å²) in [5.74, 6) is 0.226. The third kappa shape index (κ3) is 4.01. The molecule has 1 aliphatic heterocycles. The molecular formula is C14H19Cl3N2O. The second kappa shape index (κ2) is 8.08. The van der Waals surface area contributed by atoms with E-state index in [1.54, 1.807) is 23.1 Å². The summed E-state index contributed by atoms with van der Waals surface area (Å²) >= 11 is 12.2. The Labute approximate surface area is 136 Å². The van der Waals surface area contributed by atoms with Crippen LogP contribution in [0.2, 0.25) is 10.0 Å². The molecule has 20 heavy (non-hydrogen) atoms. The van der Waals surface area contributed by atoms with Gasteiger partial charge in [-0.15, -0.1) is 12.4 Å². The Hall–Kier alpha value is -0.480. The van der Waals surface area contributed by atoms with Crippen molar-refractivity contribution in [1.82, 2.24) is 5.32 Å². The summed E-state index contributed by atoms with van der Waals surface area (Å²) in [6.45, 7) is 4.35. The van der Waals surface area contributed by atoms with E-state index in [1.807, 2.05) is 6.92 Å². The quantitative estimate of drug-likeness (QED) is 0.910. The van der Waals surface area contributed by atoms with Gasteiger partial charge in [-0.1, -0.05) is 23.2 Å². The summed E-state index contributed by atoms with van der Waals surface area (Å²) in [6, 6.07) is 5.22. The highest BCUT2D eigenvalue weighted by Crippen LogP contribution is 2.30. The highest BCUT2D eigenvalue weighted by atomic mass is 35.5.